The summed E-state index contributed by atoms with van der Waals surface area (Å²) in [4.78, 5) is 32.4. The number of rotatable bonds is 9. The van der Waals surface area contributed by atoms with Crippen LogP contribution in [0.15, 0.2) is 0 Å². The summed E-state index contributed by atoms with van der Waals surface area (Å²) in [6.07, 6.45) is 2.31. The number of carboxylic acid groups (broad SMARTS) is 2. The smallest absolute Gasteiger partial charge is 0.326 e. The number of aliphatic carboxylic acids is 2. The fourth-order valence-electron chi connectivity index (χ4n) is 1.15. The van der Waals surface area contributed by atoms with Crippen LogP contribution in [0.25, 0.3) is 0 Å². The molecule has 0 rings (SSSR count). The third-order valence-corrected chi connectivity index (χ3v) is 2.76. The van der Waals surface area contributed by atoms with E-state index in [1.165, 1.54) is 0 Å². The van der Waals surface area contributed by atoms with Gasteiger partial charge in [-0.25, -0.2) is 9.59 Å². The largest absolute Gasteiger partial charge is 0.481 e. The Hall–Kier alpha value is -1.44. The van der Waals surface area contributed by atoms with Crippen molar-refractivity contribution < 1.29 is 24.6 Å². The Morgan fingerprint density at radius 2 is 1.94 bits per heavy atom. The molecule has 0 aliphatic carbocycles. The van der Waals surface area contributed by atoms with Crippen LogP contribution >= 0.6 is 11.8 Å². The first-order chi connectivity index (χ1) is 8.47. The standard InChI is InChI=1S/C10H18N2O5S/c1-18-6-2-5-11-10(17)12-7(9(15)16)3-4-8(13)14/h7H,2-6H2,1H3,(H,13,14)(H,15,16)(H2,11,12,17)/t7-/m0/s1. The van der Waals surface area contributed by atoms with Crippen molar-refractivity contribution in [1.29, 1.82) is 0 Å². The Balaban J connectivity index is 3.96. The highest BCUT2D eigenvalue weighted by Crippen LogP contribution is 1.98. The molecule has 0 aromatic heterocycles. The maximum Gasteiger partial charge on any atom is 0.326 e. The summed E-state index contributed by atoms with van der Waals surface area (Å²) in [6, 6.07) is -1.77. The number of carbonyl (C=O) groups excluding carboxylic acids is 1. The molecule has 0 aliphatic rings. The summed E-state index contributed by atoms with van der Waals surface area (Å²) < 4.78 is 0. The summed E-state index contributed by atoms with van der Waals surface area (Å²) in [6.45, 7) is 0.456. The highest BCUT2D eigenvalue weighted by Gasteiger charge is 2.20. The zero-order valence-corrected chi connectivity index (χ0v) is 11.0. The molecule has 0 aliphatic heterocycles. The molecular weight excluding hydrogens is 260 g/mol. The normalized spacial score (nSPS) is 11.6. The van der Waals surface area contributed by atoms with Gasteiger partial charge in [0.25, 0.3) is 0 Å². The van der Waals surface area contributed by atoms with E-state index in [0.717, 1.165) is 12.2 Å². The van der Waals surface area contributed by atoms with Crippen LogP contribution in [0.2, 0.25) is 0 Å². The second kappa shape index (κ2) is 9.58. The third-order valence-electron chi connectivity index (χ3n) is 2.06. The molecule has 0 spiro atoms. The Kier molecular flexibility index (Phi) is 8.81. The van der Waals surface area contributed by atoms with E-state index >= 15 is 0 Å². The minimum absolute atomic E-state index is 0.136. The van der Waals surface area contributed by atoms with Crippen molar-refractivity contribution in [2.75, 3.05) is 18.6 Å². The van der Waals surface area contributed by atoms with Crippen LogP contribution in [0.3, 0.4) is 0 Å². The molecule has 18 heavy (non-hydrogen) atoms. The van der Waals surface area contributed by atoms with Crippen LogP contribution in [0.1, 0.15) is 19.3 Å². The predicted octanol–water partition coefficient (Wildman–Crippen LogP) is 0.357. The lowest BCUT2D eigenvalue weighted by Crippen LogP contribution is -2.46. The topological polar surface area (TPSA) is 116 Å². The quantitative estimate of drug-likeness (QED) is 0.452. The van der Waals surface area contributed by atoms with Crippen molar-refractivity contribution in [1.82, 2.24) is 10.6 Å². The van der Waals surface area contributed by atoms with Crippen molar-refractivity contribution >= 4 is 29.7 Å². The van der Waals surface area contributed by atoms with Crippen molar-refractivity contribution in [3.63, 3.8) is 0 Å². The number of carbonyl (C=O) groups is 3. The maximum atomic E-state index is 11.3. The van der Waals surface area contributed by atoms with E-state index in [9.17, 15) is 14.4 Å². The Bertz CT molecular complexity index is 298. The molecule has 7 nitrogen and oxygen atoms in total. The molecule has 1 atom stereocenters. The van der Waals surface area contributed by atoms with Gasteiger partial charge in [-0.15, -0.1) is 0 Å². The molecule has 0 aromatic carbocycles. The van der Waals surface area contributed by atoms with Gasteiger partial charge in [-0.1, -0.05) is 0 Å². The minimum atomic E-state index is -1.24. The summed E-state index contributed by atoms with van der Waals surface area (Å²) >= 11 is 1.65. The maximum absolute atomic E-state index is 11.3. The molecule has 0 heterocycles. The van der Waals surface area contributed by atoms with E-state index in [0.29, 0.717) is 6.54 Å². The number of carboxylic acids is 2. The predicted molar refractivity (Wildman–Crippen MR) is 67.8 cm³/mol. The van der Waals surface area contributed by atoms with Gasteiger partial charge in [-0.3, -0.25) is 4.79 Å². The summed E-state index contributed by atoms with van der Waals surface area (Å²) in [5.41, 5.74) is 0. The molecule has 8 heteroatoms. The Morgan fingerprint density at radius 3 is 2.44 bits per heavy atom. The highest BCUT2D eigenvalue weighted by atomic mass is 32.2. The first-order valence-electron chi connectivity index (χ1n) is 5.45. The molecule has 2 amide bonds. The first-order valence-corrected chi connectivity index (χ1v) is 6.84. The molecule has 4 N–H and O–H groups in total. The average Bonchev–Trinajstić information content (AvgIpc) is 2.29. The van der Waals surface area contributed by atoms with Gasteiger partial charge in [0.15, 0.2) is 0 Å². The van der Waals surface area contributed by atoms with Crippen molar-refractivity contribution in [3.8, 4) is 0 Å². The monoisotopic (exact) mass is 278 g/mol. The molecule has 0 fully saturated rings. The number of hydrogen-bond acceptors (Lipinski definition) is 4. The van der Waals surface area contributed by atoms with Crippen LogP contribution in [0.5, 0.6) is 0 Å². The Labute approximate surface area is 109 Å². The van der Waals surface area contributed by atoms with Crippen LogP contribution in [-0.4, -0.2) is 52.8 Å². The summed E-state index contributed by atoms with van der Waals surface area (Å²) in [7, 11) is 0. The van der Waals surface area contributed by atoms with Crippen LogP contribution in [0, 0.1) is 0 Å². The van der Waals surface area contributed by atoms with E-state index in [1.807, 2.05) is 6.26 Å². The zero-order valence-electron chi connectivity index (χ0n) is 10.1. The number of hydrogen-bond donors (Lipinski definition) is 4. The van der Waals surface area contributed by atoms with Gasteiger partial charge in [0, 0.05) is 13.0 Å². The third kappa shape index (κ3) is 8.68. The lowest BCUT2D eigenvalue weighted by atomic mass is 10.1. The second-order valence-corrected chi connectivity index (χ2v) is 4.56. The molecule has 0 saturated heterocycles. The van der Waals surface area contributed by atoms with Gasteiger partial charge in [0.2, 0.25) is 0 Å². The van der Waals surface area contributed by atoms with E-state index in [2.05, 4.69) is 10.6 Å². The van der Waals surface area contributed by atoms with Gasteiger partial charge in [-0.2, -0.15) is 11.8 Å². The minimum Gasteiger partial charge on any atom is -0.481 e. The van der Waals surface area contributed by atoms with Gasteiger partial charge in [0.1, 0.15) is 6.04 Å². The molecule has 104 valence electrons. The molecular formula is C10H18N2O5S. The van der Waals surface area contributed by atoms with Crippen LogP contribution in [0.4, 0.5) is 4.79 Å². The molecule has 0 saturated carbocycles. The van der Waals surface area contributed by atoms with Crippen LogP contribution in [-0.2, 0) is 9.59 Å². The van der Waals surface area contributed by atoms with Crippen LogP contribution < -0.4 is 10.6 Å². The van der Waals surface area contributed by atoms with Gasteiger partial charge in [-0.05, 0) is 24.9 Å². The van der Waals surface area contributed by atoms with E-state index in [4.69, 9.17) is 10.2 Å². The van der Waals surface area contributed by atoms with Gasteiger partial charge >= 0.3 is 18.0 Å². The van der Waals surface area contributed by atoms with Gasteiger partial charge < -0.3 is 20.8 Å². The molecule has 0 bridgehead atoms. The number of nitrogens with one attached hydrogen (secondary N) is 2. The molecule has 0 aromatic rings. The number of urea groups is 1. The van der Waals surface area contributed by atoms with Crippen molar-refractivity contribution in [2.45, 2.75) is 25.3 Å². The summed E-state index contributed by atoms with van der Waals surface area (Å²) in [5, 5.41) is 22.0. The zero-order chi connectivity index (χ0) is 14.0. The van der Waals surface area contributed by atoms with E-state index in [1.54, 1.807) is 11.8 Å². The highest BCUT2D eigenvalue weighted by molar-refractivity contribution is 7.98. The average molecular weight is 278 g/mol. The van der Waals surface area contributed by atoms with E-state index < -0.39 is 24.0 Å². The Morgan fingerprint density at radius 1 is 1.28 bits per heavy atom. The number of amides is 2. The lowest BCUT2D eigenvalue weighted by Gasteiger charge is -2.14. The van der Waals surface area contributed by atoms with Crippen molar-refractivity contribution in [2.24, 2.45) is 0 Å². The second-order valence-electron chi connectivity index (χ2n) is 3.57. The SMILES string of the molecule is CSCCCNC(=O)N[C@@H](CCC(=O)O)C(=O)O. The first kappa shape index (κ1) is 16.6. The fourth-order valence-corrected chi connectivity index (χ4v) is 1.59. The number of thioether (sulfide) groups is 1. The molecule has 0 radical (unpaired) electrons. The molecule has 0 unspecified atom stereocenters. The van der Waals surface area contributed by atoms with Gasteiger partial charge in [0.05, 0.1) is 0 Å². The van der Waals surface area contributed by atoms with Crippen molar-refractivity contribution in [3.05, 3.63) is 0 Å². The fraction of sp³-hybridized carbons (Fsp3) is 0.700. The lowest BCUT2D eigenvalue weighted by molar-refractivity contribution is -0.140. The van der Waals surface area contributed by atoms with E-state index in [-0.39, 0.29) is 12.8 Å². The summed E-state index contributed by atoms with van der Waals surface area (Å²) in [5.74, 6) is -1.43.